The Morgan fingerprint density at radius 2 is 2.21 bits per heavy atom. The number of nitrogens with zero attached hydrogens (tertiary/aromatic N) is 1. The molecule has 5 heteroatoms. The number of hydrogen-bond donors (Lipinski definition) is 1. The van der Waals surface area contributed by atoms with Crippen LogP contribution in [0.3, 0.4) is 0 Å². The Bertz CT molecular complexity index is 400. The van der Waals surface area contributed by atoms with Crippen molar-refractivity contribution < 1.29 is 19.7 Å². The van der Waals surface area contributed by atoms with E-state index in [1.54, 1.807) is 24.3 Å². The summed E-state index contributed by atoms with van der Waals surface area (Å²) in [6.07, 6.45) is -0.864. The second-order valence-corrected chi connectivity index (χ2v) is 3.01. The molecule has 1 aliphatic rings. The third-order valence-electron chi connectivity index (χ3n) is 2.06. The second kappa shape index (κ2) is 3.10. The summed E-state index contributed by atoms with van der Waals surface area (Å²) in [5.74, 6) is -0.986. The zero-order chi connectivity index (χ0) is 10.1. The van der Waals surface area contributed by atoms with Gasteiger partial charge in [0.25, 0.3) is 4.92 Å². The van der Waals surface area contributed by atoms with E-state index in [0.29, 0.717) is 16.2 Å². The highest BCUT2D eigenvalue weighted by Crippen LogP contribution is 2.37. The lowest BCUT2D eigenvalue weighted by molar-refractivity contribution is -0.745. The van der Waals surface area contributed by atoms with E-state index in [0.717, 1.165) is 0 Å². The number of rotatable bonds is 2. The first-order valence-electron chi connectivity index (χ1n) is 4.13. The standard InChI is InChI=1S/C9H7NO4/c11-9(12)5-8-6-3-1-2-4-7(6)10(13)14-8/h1-4,8H,5H2/p+1. The molecule has 0 aliphatic carbocycles. The third kappa shape index (κ3) is 1.32. The van der Waals surface area contributed by atoms with E-state index in [4.69, 9.17) is 9.94 Å². The van der Waals surface area contributed by atoms with Gasteiger partial charge < -0.3 is 5.11 Å². The summed E-state index contributed by atoms with van der Waals surface area (Å²) >= 11 is 0. The van der Waals surface area contributed by atoms with Gasteiger partial charge in [0, 0.05) is 6.07 Å². The van der Waals surface area contributed by atoms with Crippen molar-refractivity contribution in [3.63, 3.8) is 0 Å². The van der Waals surface area contributed by atoms with Crippen molar-refractivity contribution in [3.05, 3.63) is 34.7 Å². The average molecular weight is 194 g/mol. The van der Waals surface area contributed by atoms with Crippen LogP contribution in [-0.4, -0.2) is 16.0 Å². The molecule has 0 radical (unpaired) electrons. The number of hydrogen-bond acceptors (Lipinski definition) is 3. The Morgan fingerprint density at radius 3 is 2.93 bits per heavy atom. The molecule has 0 aromatic heterocycles. The number of fused-ring (bicyclic) bond motifs is 1. The maximum absolute atomic E-state index is 11.2. The van der Waals surface area contributed by atoms with Crippen LogP contribution in [0.15, 0.2) is 24.3 Å². The summed E-state index contributed by atoms with van der Waals surface area (Å²) in [5.41, 5.74) is 1.02. The zero-order valence-electron chi connectivity index (χ0n) is 7.21. The minimum Gasteiger partial charge on any atom is -0.481 e. The molecule has 1 N–H and O–H groups in total. The number of carbonyl (C=O) groups is 1. The van der Waals surface area contributed by atoms with Crippen molar-refractivity contribution in [2.45, 2.75) is 12.5 Å². The van der Waals surface area contributed by atoms with Crippen molar-refractivity contribution in [1.82, 2.24) is 0 Å². The van der Waals surface area contributed by atoms with E-state index in [1.165, 1.54) is 0 Å². The van der Waals surface area contributed by atoms with Crippen LogP contribution < -0.4 is 0 Å². The van der Waals surface area contributed by atoms with Gasteiger partial charge in [-0.25, -0.2) is 4.84 Å². The monoisotopic (exact) mass is 194 g/mol. The normalized spacial score (nSPS) is 18.9. The molecule has 1 aromatic carbocycles. The predicted octanol–water partition coefficient (Wildman–Crippen LogP) is 1.56. The highest BCUT2D eigenvalue weighted by Gasteiger charge is 2.40. The maximum Gasteiger partial charge on any atom is 0.323 e. The Hall–Kier alpha value is -1.91. The number of benzene rings is 1. The van der Waals surface area contributed by atoms with E-state index >= 15 is 0 Å². The lowest BCUT2D eigenvalue weighted by atomic mass is 10.1. The third-order valence-corrected chi connectivity index (χ3v) is 2.06. The molecule has 0 amide bonds. The van der Waals surface area contributed by atoms with Crippen LogP contribution >= 0.6 is 0 Å². The van der Waals surface area contributed by atoms with Crippen molar-refractivity contribution >= 4 is 11.7 Å². The van der Waals surface area contributed by atoms with Gasteiger partial charge in [-0.1, -0.05) is 12.1 Å². The van der Waals surface area contributed by atoms with Crippen molar-refractivity contribution in [2.24, 2.45) is 0 Å². The SMILES string of the molecule is O=C(O)CC1O[N+](=O)c2ccccc21. The van der Waals surface area contributed by atoms with Crippen LogP contribution in [0.4, 0.5) is 5.69 Å². The predicted molar refractivity (Wildman–Crippen MR) is 45.8 cm³/mol. The summed E-state index contributed by atoms with van der Waals surface area (Å²) in [7, 11) is 0. The van der Waals surface area contributed by atoms with E-state index < -0.39 is 12.1 Å². The number of aliphatic carboxylic acids is 1. The van der Waals surface area contributed by atoms with Gasteiger partial charge in [0.05, 0.1) is 16.9 Å². The van der Waals surface area contributed by atoms with Crippen LogP contribution in [0.5, 0.6) is 0 Å². The van der Waals surface area contributed by atoms with Gasteiger partial charge in [-0.15, -0.1) is 0 Å². The van der Waals surface area contributed by atoms with Crippen LogP contribution in [-0.2, 0) is 9.63 Å². The van der Waals surface area contributed by atoms with Crippen molar-refractivity contribution in [2.75, 3.05) is 0 Å². The summed E-state index contributed by atoms with van der Waals surface area (Å²) in [4.78, 5) is 26.8. The Balaban J connectivity index is 2.34. The van der Waals surface area contributed by atoms with Gasteiger partial charge in [0.15, 0.2) is 0 Å². The van der Waals surface area contributed by atoms with E-state index in [1.807, 2.05) is 0 Å². The van der Waals surface area contributed by atoms with Gasteiger partial charge in [0.1, 0.15) is 0 Å². The molecule has 14 heavy (non-hydrogen) atoms. The molecule has 0 spiro atoms. The number of carboxylic acid groups (broad SMARTS) is 1. The van der Waals surface area contributed by atoms with Gasteiger partial charge in [-0.3, -0.25) is 4.79 Å². The summed E-state index contributed by atoms with van der Waals surface area (Å²) < 4.78 is 0. The minimum atomic E-state index is -0.986. The Morgan fingerprint density at radius 1 is 1.50 bits per heavy atom. The van der Waals surface area contributed by atoms with Crippen LogP contribution in [0, 0.1) is 4.91 Å². The fraction of sp³-hybridized carbons (Fsp3) is 0.222. The summed E-state index contributed by atoms with van der Waals surface area (Å²) in [5, 5.41) is 8.59. The molecular weight excluding hydrogens is 186 g/mol. The fourth-order valence-electron chi connectivity index (χ4n) is 1.46. The molecule has 5 nitrogen and oxygen atoms in total. The summed E-state index contributed by atoms with van der Waals surface area (Å²) in [6, 6.07) is 6.75. The minimum absolute atomic E-state index is 0.199. The molecule has 0 saturated carbocycles. The van der Waals surface area contributed by atoms with E-state index in [9.17, 15) is 9.70 Å². The highest BCUT2D eigenvalue weighted by atomic mass is 16.8. The molecule has 1 aliphatic heterocycles. The second-order valence-electron chi connectivity index (χ2n) is 3.01. The Kier molecular flexibility index (Phi) is 1.92. The molecule has 1 heterocycles. The lowest BCUT2D eigenvalue weighted by Crippen LogP contribution is -2.06. The largest absolute Gasteiger partial charge is 0.481 e. The van der Waals surface area contributed by atoms with Crippen LogP contribution in [0.2, 0.25) is 0 Å². The first-order chi connectivity index (χ1) is 6.68. The number of para-hydroxylation sites is 1. The van der Waals surface area contributed by atoms with Gasteiger partial charge in [-0.2, -0.15) is 0 Å². The molecule has 2 rings (SSSR count). The zero-order valence-corrected chi connectivity index (χ0v) is 7.21. The van der Waals surface area contributed by atoms with Crippen molar-refractivity contribution in [3.8, 4) is 0 Å². The molecule has 0 fully saturated rings. The average Bonchev–Trinajstić information content (AvgIpc) is 2.44. The Labute approximate surface area is 79.4 Å². The quantitative estimate of drug-likeness (QED) is 0.775. The molecule has 0 saturated heterocycles. The first-order valence-corrected chi connectivity index (χ1v) is 4.13. The molecule has 1 aromatic rings. The van der Waals surface area contributed by atoms with Crippen LogP contribution in [0.1, 0.15) is 18.1 Å². The number of carboxylic acids is 1. The van der Waals surface area contributed by atoms with Crippen molar-refractivity contribution in [1.29, 1.82) is 0 Å². The van der Waals surface area contributed by atoms with Gasteiger partial charge in [-0.05, 0) is 6.07 Å². The summed E-state index contributed by atoms with van der Waals surface area (Å²) in [6.45, 7) is 0. The topological polar surface area (TPSA) is 66.6 Å². The molecule has 72 valence electrons. The smallest absolute Gasteiger partial charge is 0.323 e. The molecule has 1 unspecified atom stereocenters. The van der Waals surface area contributed by atoms with Crippen LogP contribution in [0.25, 0.3) is 0 Å². The van der Waals surface area contributed by atoms with E-state index in [-0.39, 0.29) is 6.42 Å². The van der Waals surface area contributed by atoms with Gasteiger partial charge >= 0.3 is 11.7 Å². The molecule has 1 atom stereocenters. The maximum atomic E-state index is 11.2. The first kappa shape index (κ1) is 8.68. The molecule has 0 bridgehead atoms. The lowest BCUT2D eigenvalue weighted by Gasteiger charge is -1.98. The molecular formula is C9H8NO4+. The van der Waals surface area contributed by atoms with Gasteiger partial charge in [0.2, 0.25) is 6.10 Å². The fourth-order valence-corrected chi connectivity index (χ4v) is 1.46. The van der Waals surface area contributed by atoms with E-state index in [2.05, 4.69) is 0 Å². The highest BCUT2D eigenvalue weighted by molar-refractivity contribution is 5.68.